The molecule has 0 aliphatic rings. The largest absolute Gasteiger partial charge is 0.505 e. The lowest BCUT2D eigenvalue weighted by Crippen LogP contribution is -2.32. The summed E-state index contributed by atoms with van der Waals surface area (Å²) < 4.78 is 5.21. The number of aromatic nitrogens is 1. The molecule has 5 nitrogen and oxygen atoms in total. The number of methoxy groups -OCH3 is 1. The van der Waals surface area contributed by atoms with Crippen molar-refractivity contribution in [2.75, 3.05) is 7.11 Å². The third-order valence-corrected chi connectivity index (χ3v) is 4.35. The first kappa shape index (κ1) is 17.7. The molecule has 0 fully saturated rings. The average molecular weight is 350 g/mol. The van der Waals surface area contributed by atoms with Crippen LogP contribution in [0.4, 0.5) is 0 Å². The van der Waals surface area contributed by atoms with Crippen LogP contribution in [0.1, 0.15) is 31.0 Å². The van der Waals surface area contributed by atoms with Gasteiger partial charge in [0.05, 0.1) is 13.2 Å². The van der Waals surface area contributed by atoms with Crippen molar-refractivity contribution in [1.29, 1.82) is 0 Å². The predicted molar refractivity (Wildman–Crippen MR) is 101 cm³/mol. The Balaban J connectivity index is 2.10. The van der Waals surface area contributed by atoms with Gasteiger partial charge in [-0.2, -0.15) is 0 Å². The van der Waals surface area contributed by atoms with E-state index >= 15 is 0 Å². The highest BCUT2D eigenvalue weighted by Gasteiger charge is 2.23. The Morgan fingerprint density at radius 1 is 1.12 bits per heavy atom. The van der Waals surface area contributed by atoms with Gasteiger partial charge in [0.15, 0.2) is 0 Å². The molecule has 0 bridgehead atoms. The van der Waals surface area contributed by atoms with E-state index in [1.165, 1.54) is 0 Å². The smallest absolute Gasteiger partial charge is 0.223 e. The fourth-order valence-electron chi connectivity index (χ4n) is 2.82. The van der Waals surface area contributed by atoms with Crippen LogP contribution >= 0.6 is 0 Å². The predicted octanol–water partition coefficient (Wildman–Crippen LogP) is 3.81. The first-order chi connectivity index (χ1) is 12.5. The van der Waals surface area contributed by atoms with E-state index in [1.54, 1.807) is 13.3 Å². The molecular weight excluding hydrogens is 328 g/mol. The maximum absolute atomic E-state index is 12.4. The third-order valence-electron chi connectivity index (χ3n) is 4.35. The zero-order valence-corrected chi connectivity index (χ0v) is 15.1. The fourth-order valence-corrected chi connectivity index (χ4v) is 2.82. The molecule has 0 saturated carbocycles. The minimum atomic E-state index is -0.484. The van der Waals surface area contributed by atoms with Gasteiger partial charge >= 0.3 is 0 Å². The number of fused-ring (bicyclic) bond motifs is 1. The average Bonchev–Trinajstić information content (AvgIpc) is 2.67. The molecule has 1 aromatic heterocycles. The van der Waals surface area contributed by atoms with Crippen molar-refractivity contribution in [1.82, 2.24) is 10.3 Å². The standard InChI is InChI=1S/C21H22N2O3/c1-13(2)21(25)23-18(15-6-9-16(26-3)10-7-15)17-11-8-14-5-4-12-22-19(14)20(17)24/h4-13,18,24H,1-3H3,(H,23,25)/t18-/m1/s1. The lowest BCUT2D eigenvalue weighted by atomic mass is 9.95. The maximum atomic E-state index is 12.4. The number of rotatable bonds is 5. The number of carbonyl (C=O) groups is 1. The monoisotopic (exact) mass is 350 g/mol. The summed E-state index contributed by atoms with van der Waals surface area (Å²) in [7, 11) is 1.61. The van der Waals surface area contributed by atoms with Gasteiger partial charge in [-0.1, -0.05) is 44.2 Å². The molecule has 2 aromatic carbocycles. The number of ether oxygens (including phenoxy) is 1. The Labute approximate surface area is 152 Å². The van der Waals surface area contributed by atoms with Gasteiger partial charge in [0, 0.05) is 23.1 Å². The molecule has 0 unspecified atom stereocenters. The SMILES string of the molecule is COc1ccc([C@@H](NC(=O)C(C)C)c2ccc3cccnc3c2O)cc1. The van der Waals surface area contributed by atoms with Gasteiger partial charge in [-0.15, -0.1) is 0 Å². The zero-order chi connectivity index (χ0) is 18.7. The Morgan fingerprint density at radius 2 is 1.85 bits per heavy atom. The highest BCUT2D eigenvalue weighted by molar-refractivity contribution is 5.86. The Hall–Kier alpha value is -3.08. The molecule has 5 heteroatoms. The molecule has 134 valence electrons. The number of carbonyl (C=O) groups excluding carboxylic acids is 1. The molecule has 1 atom stereocenters. The highest BCUT2D eigenvalue weighted by Crippen LogP contribution is 2.35. The van der Waals surface area contributed by atoms with Crippen LogP contribution < -0.4 is 10.1 Å². The van der Waals surface area contributed by atoms with Crippen LogP contribution in [0.2, 0.25) is 0 Å². The molecular formula is C21H22N2O3. The molecule has 0 spiro atoms. The lowest BCUT2D eigenvalue weighted by molar-refractivity contribution is -0.124. The van der Waals surface area contributed by atoms with Gasteiger partial charge in [-0.05, 0) is 23.8 Å². The number of benzene rings is 2. The Morgan fingerprint density at radius 3 is 2.50 bits per heavy atom. The summed E-state index contributed by atoms with van der Waals surface area (Å²) in [5.41, 5.74) is 1.98. The van der Waals surface area contributed by atoms with Crippen LogP contribution in [0.3, 0.4) is 0 Å². The maximum Gasteiger partial charge on any atom is 0.223 e. The zero-order valence-electron chi connectivity index (χ0n) is 15.1. The van der Waals surface area contributed by atoms with Crippen LogP contribution in [0.5, 0.6) is 11.5 Å². The molecule has 3 rings (SSSR count). The van der Waals surface area contributed by atoms with Gasteiger partial charge in [0.2, 0.25) is 5.91 Å². The van der Waals surface area contributed by atoms with Gasteiger partial charge < -0.3 is 15.2 Å². The van der Waals surface area contributed by atoms with Crippen molar-refractivity contribution in [3.63, 3.8) is 0 Å². The van der Waals surface area contributed by atoms with Crippen LogP contribution in [0.15, 0.2) is 54.7 Å². The summed E-state index contributed by atoms with van der Waals surface area (Å²) in [6.07, 6.45) is 1.64. The van der Waals surface area contributed by atoms with E-state index in [0.29, 0.717) is 11.1 Å². The lowest BCUT2D eigenvalue weighted by Gasteiger charge is -2.22. The Kier molecular flexibility index (Phi) is 5.07. The van der Waals surface area contributed by atoms with Crippen molar-refractivity contribution in [2.24, 2.45) is 5.92 Å². The molecule has 3 aromatic rings. The topological polar surface area (TPSA) is 71.5 Å². The van der Waals surface area contributed by atoms with Crippen LogP contribution in [-0.2, 0) is 4.79 Å². The summed E-state index contributed by atoms with van der Waals surface area (Å²) in [5.74, 6) is 0.544. The number of phenolic OH excluding ortho intramolecular Hbond substituents is 1. The number of amides is 1. The van der Waals surface area contributed by atoms with E-state index < -0.39 is 6.04 Å². The summed E-state index contributed by atoms with van der Waals surface area (Å²) in [4.78, 5) is 16.6. The van der Waals surface area contributed by atoms with Crippen LogP contribution in [0.25, 0.3) is 10.9 Å². The van der Waals surface area contributed by atoms with Gasteiger partial charge in [0.25, 0.3) is 0 Å². The van der Waals surface area contributed by atoms with E-state index in [4.69, 9.17) is 4.74 Å². The summed E-state index contributed by atoms with van der Waals surface area (Å²) in [6, 6.07) is 14.4. The molecule has 1 amide bonds. The van der Waals surface area contributed by atoms with E-state index in [-0.39, 0.29) is 17.6 Å². The normalized spacial score (nSPS) is 12.2. The third kappa shape index (κ3) is 3.47. The number of phenols is 1. The second-order valence-electron chi connectivity index (χ2n) is 6.45. The number of nitrogens with zero attached hydrogens (tertiary/aromatic N) is 1. The summed E-state index contributed by atoms with van der Waals surface area (Å²) >= 11 is 0. The molecule has 1 heterocycles. The van der Waals surface area contributed by atoms with Gasteiger partial charge in [-0.25, -0.2) is 0 Å². The van der Waals surface area contributed by atoms with Crippen molar-refractivity contribution in [3.8, 4) is 11.5 Å². The fraction of sp³-hybridized carbons (Fsp3) is 0.238. The Bertz CT molecular complexity index is 920. The number of hydrogen-bond donors (Lipinski definition) is 2. The number of pyridine rings is 1. The van der Waals surface area contributed by atoms with E-state index in [1.807, 2.05) is 62.4 Å². The van der Waals surface area contributed by atoms with Crippen LogP contribution in [-0.4, -0.2) is 23.1 Å². The molecule has 0 saturated heterocycles. The number of aromatic hydroxyl groups is 1. The van der Waals surface area contributed by atoms with Gasteiger partial charge in [0.1, 0.15) is 17.0 Å². The first-order valence-electron chi connectivity index (χ1n) is 8.52. The minimum Gasteiger partial charge on any atom is -0.505 e. The molecule has 0 aliphatic heterocycles. The number of hydrogen-bond acceptors (Lipinski definition) is 4. The minimum absolute atomic E-state index is 0.0768. The number of nitrogens with one attached hydrogen (secondary N) is 1. The molecule has 26 heavy (non-hydrogen) atoms. The quantitative estimate of drug-likeness (QED) is 0.734. The van der Waals surface area contributed by atoms with Crippen molar-refractivity contribution < 1.29 is 14.6 Å². The second kappa shape index (κ2) is 7.44. The molecule has 0 radical (unpaired) electrons. The van der Waals surface area contributed by atoms with Gasteiger partial charge in [-0.3, -0.25) is 9.78 Å². The van der Waals surface area contributed by atoms with E-state index in [2.05, 4.69) is 10.3 Å². The summed E-state index contributed by atoms with van der Waals surface area (Å²) in [6.45, 7) is 3.67. The van der Waals surface area contributed by atoms with Crippen molar-refractivity contribution in [2.45, 2.75) is 19.9 Å². The van der Waals surface area contributed by atoms with Crippen molar-refractivity contribution >= 4 is 16.8 Å². The molecule has 0 aliphatic carbocycles. The van der Waals surface area contributed by atoms with E-state index in [9.17, 15) is 9.90 Å². The first-order valence-corrected chi connectivity index (χ1v) is 8.52. The summed E-state index contributed by atoms with van der Waals surface area (Å²) in [5, 5.41) is 14.7. The van der Waals surface area contributed by atoms with Crippen LogP contribution in [0, 0.1) is 5.92 Å². The van der Waals surface area contributed by atoms with Crippen molar-refractivity contribution in [3.05, 3.63) is 65.9 Å². The second-order valence-corrected chi connectivity index (χ2v) is 6.45. The van der Waals surface area contributed by atoms with E-state index in [0.717, 1.165) is 16.7 Å². The highest BCUT2D eigenvalue weighted by atomic mass is 16.5. The molecule has 2 N–H and O–H groups in total.